The molecule has 0 saturated carbocycles. The number of hydrogen-bond acceptors (Lipinski definition) is 5. The van der Waals surface area contributed by atoms with Gasteiger partial charge in [0.05, 0.1) is 11.4 Å². The van der Waals surface area contributed by atoms with Gasteiger partial charge in [-0.1, -0.05) is 6.07 Å². The second kappa shape index (κ2) is 7.04. The second-order valence-corrected chi connectivity index (χ2v) is 7.39. The Morgan fingerprint density at radius 3 is 2.96 bits per heavy atom. The molecule has 3 aromatic rings. The lowest BCUT2D eigenvalue weighted by molar-refractivity contribution is -0.133. The summed E-state index contributed by atoms with van der Waals surface area (Å²) in [5.74, 6) is 1.31. The minimum atomic E-state index is -0.475. The van der Waals surface area contributed by atoms with Gasteiger partial charge in [-0.2, -0.15) is 5.10 Å². The number of furan rings is 1. The summed E-state index contributed by atoms with van der Waals surface area (Å²) in [6.45, 7) is 2.20. The number of H-pyrrole nitrogens is 1. The quantitative estimate of drug-likeness (QED) is 0.619. The molecule has 1 unspecified atom stereocenters. The molecule has 0 spiro atoms. The number of hydrogen-bond donors (Lipinski definition) is 1. The highest BCUT2D eigenvalue weighted by Crippen LogP contribution is 2.26. The van der Waals surface area contributed by atoms with Gasteiger partial charge in [-0.05, 0) is 58.7 Å². The Morgan fingerprint density at radius 2 is 2.33 bits per heavy atom. The summed E-state index contributed by atoms with van der Waals surface area (Å²) in [7, 11) is 1.74. The Balaban J connectivity index is 1.83. The van der Waals surface area contributed by atoms with Gasteiger partial charge >= 0.3 is 0 Å². The Bertz CT molecular complexity index is 897. The number of carbonyl (C=O) groups is 1. The normalized spacial score (nSPS) is 12.3. The minimum absolute atomic E-state index is 0.0715. The molecule has 1 atom stereocenters. The van der Waals surface area contributed by atoms with Gasteiger partial charge < -0.3 is 9.32 Å². The van der Waals surface area contributed by atoms with Crippen molar-refractivity contribution < 1.29 is 9.21 Å². The predicted molar refractivity (Wildman–Crippen MR) is 98.3 cm³/mol. The molecule has 6 nitrogen and oxygen atoms in total. The number of halogens is 1. The molecule has 0 bridgehead atoms. The molecule has 0 aliphatic carbocycles. The van der Waals surface area contributed by atoms with Crippen LogP contribution in [0.3, 0.4) is 0 Å². The van der Waals surface area contributed by atoms with Crippen LogP contribution in [-0.2, 0) is 11.3 Å². The summed E-state index contributed by atoms with van der Waals surface area (Å²) in [4.78, 5) is 15.4. The summed E-state index contributed by atoms with van der Waals surface area (Å²) in [6, 6.07) is 7.05. The number of nitrogens with one attached hydrogen (secondary N) is 1. The molecule has 9 heteroatoms. The van der Waals surface area contributed by atoms with Crippen LogP contribution in [0.5, 0.6) is 0 Å². The average molecular weight is 427 g/mol. The van der Waals surface area contributed by atoms with E-state index in [-0.39, 0.29) is 5.91 Å². The summed E-state index contributed by atoms with van der Waals surface area (Å²) in [6.07, 6.45) is 0. The van der Waals surface area contributed by atoms with Crippen molar-refractivity contribution in [2.45, 2.75) is 19.5 Å². The van der Waals surface area contributed by atoms with Gasteiger partial charge in [-0.3, -0.25) is 14.5 Å². The van der Waals surface area contributed by atoms with Crippen LogP contribution in [0.4, 0.5) is 0 Å². The summed E-state index contributed by atoms with van der Waals surface area (Å²) in [5.41, 5.74) is 0. The van der Waals surface area contributed by atoms with Crippen molar-refractivity contribution in [3.8, 4) is 10.7 Å². The van der Waals surface area contributed by atoms with Gasteiger partial charge in [0.1, 0.15) is 11.8 Å². The monoisotopic (exact) mass is 426 g/mol. The van der Waals surface area contributed by atoms with Crippen molar-refractivity contribution >= 4 is 45.4 Å². The van der Waals surface area contributed by atoms with Crippen LogP contribution in [0.15, 0.2) is 38.7 Å². The van der Waals surface area contributed by atoms with Crippen LogP contribution < -0.4 is 0 Å². The average Bonchev–Trinajstić information content (AvgIpc) is 3.27. The fourth-order valence-corrected chi connectivity index (χ4v) is 3.76. The summed E-state index contributed by atoms with van der Waals surface area (Å²) >= 11 is 10.1. The van der Waals surface area contributed by atoms with Gasteiger partial charge in [0.2, 0.25) is 5.91 Å². The first-order chi connectivity index (χ1) is 11.5. The lowest BCUT2D eigenvalue weighted by atomic mass is 10.2. The van der Waals surface area contributed by atoms with Gasteiger partial charge in [0.25, 0.3) is 0 Å². The fraction of sp³-hybridized carbons (Fsp3) is 0.267. The Morgan fingerprint density at radius 1 is 1.54 bits per heavy atom. The smallest absolute Gasteiger partial charge is 0.245 e. The predicted octanol–water partition coefficient (Wildman–Crippen LogP) is 4.24. The number of aromatic nitrogens is 3. The number of amides is 1. The SMILES string of the molecule is CC(C(=O)N(C)Cc1ccc(Br)o1)n1c(-c2cccs2)n[nH]c1=S. The van der Waals surface area contributed by atoms with Gasteiger partial charge in [0.15, 0.2) is 15.3 Å². The van der Waals surface area contributed by atoms with Crippen LogP contribution in [0, 0.1) is 4.77 Å². The summed E-state index contributed by atoms with van der Waals surface area (Å²) < 4.78 is 8.27. The van der Waals surface area contributed by atoms with E-state index in [0.29, 0.717) is 27.6 Å². The first kappa shape index (κ1) is 17.1. The highest BCUT2D eigenvalue weighted by molar-refractivity contribution is 9.10. The van der Waals surface area contributed by atoms with Crippen LogP contribution in [0.25, 0.3) is 10.7 Å². The molecule has 24 heavy (non-hydrogen) atoms. The Hall–Kier alpha value is -1.71. The number of rotatable bonds is 5. The molecule has 0 fully saturated rings. The van der Waals surface area contributed by atoms with E-state index in [1.54, 1.807) is 33.9 Å². The number of carbonyl (C=O) groups excluding carboxylic acids is 1. The first-order valence-electron chi connectivity index (χ1n) is 7.17. The van der Waals surface area contributed by atoms with E-state index in [4.69, 9.17) is 16.6 Å². The molecular formula is C15H15BrN4O2S2. The van der Waals surface area contributed by atoms with Gasteiger partial charge in [-0.15, -0.1) is 11.3 Å². The van der Waals surface area contributed by atoms with Crippen molar-refractivity contribution in [3.63, 3.8) is 0 Å². The molecule has 3 rings (SSSR count). The van der Waals surface area contributed by atoms with E-state index in [9.17, 15) is 4.79 Å². The molecule has 126 valence electrons. The molecule has 0 aromatic carbocycles. The molecule has 3 heterocycles. The van der Waals surface area contributed by atoms with Gasteiger partial charge in [0, 0.05) is 7.05 Å². The maximum atomic E-state index is 12.8. The lowest BCUT2D eigenvalue weighted by Gasteiger charge is -2.22. The molecular weight excluding hydrogens is 412 g/mol. The van der Waals surface area contributed by atoms with Crippen LogP contribution >= 0.6 is 39.5 Å². The van der Waals surface area contributed by atoms with E-state index in [0.717, 1.165) is 4.88 Å². The third-order valence-corrected chi connectivity index (χ3v) is 5.17. The molecule has 3 aromatic heterocycles. The highest BCUT2D eigenvalue weighted by Gasteiger charge is 2.24. The number of thiophene rings is 1. The van der Waals surface area contributed by atoms with Gasteiger partial charge in [-0.25, -0.2) is 0 Å². The molecule has 0 aliphatic rings. The molecule has 0 aliphatic heterocycles. The zero-order chi connectivity index (χ0) is 17.3. The van der Waals surface area contributed by atoms with E-state index < -0.39 is 6.04 Å². The zero-order valence-corrected chi connectivity index (χ0v) is 16.2. The highest BCUT2D eigenvalue weighted by atomic mass is 79.9. The maximum absolute atomic E-state index is 12.8. The molecule has 0 saturated heterocycles. The van der Waals surface area contributed by atoms with Crippen molar-refractivity contribution in [2.75, 3.05) is 7.05 Å². The third kappa shape index (κ3) is 3.38. The van der Waals surface area contributed by atoms with Crippen molar-refractivity contribution in [1.29, 1.82) is 0 Å². The van der Waals surface area contributed by atoms with Crippen LogP contribution in [0.2, 0.25) is 0 Å². The van der Waals surface area contributed by atoms with E-state index in [1.807, 2.05) is 30.5 Å². The molecule has 0 radical (unpaired) electrons. The van der Waals surface area contributed by atoms with Crippen molar-refractivity contribution in [1.82, 2.24) is 19.7 Å². The Labute approximate surface area is 156 Å². The number of aromatic amines is 1. The Kier molecular flexibility index (Phi) is 5.02. The van der Waals surface area contributed by atoms with Crippen molar-refractivity contribution in [3.05, 3.63) is 44.8 Å². The molecule has 1 amide bonds. The van der Waals surface area contributed by atoms with Crippen molar-refractivity contribution in [2.24, 2.45) is 0 Å². The number of nitrogens with zero attached hydrogens (tertiary/aromatic N) is 3. The first-order valence-corrected chi connectivity index (χ1v) is 9.25. The topological polar surface area (TPSA) is 67.1 Å². The molecule has 1 N–H and O–H groups in total. The number of likely N-dealkylation sites (N-methyl/N-ethyl adjacent to an activating group) is 1. The van der Waals surface area contributed by atoms with Crippen LogP contribution in [0.1, 0.15) is 18.7 Å². The van der Waals surface area contributed by atoms with E-state index in [1.165, 1.54) is 0 Å². The fourth-order valence-electron chi connectivity index (χ4n) is 2.42. The summed E-state index contributed by atoms with van der Waals surface area (Å²) in [5, 5.41) is 9.01. The van der Waals surface area contributed by atoms with E-state index in [2.05, 4.69) is 26.1 Å². The second-order valence-electron chi connectivity index (χ2n) is 5.28. The standard InChI is InChI=1S/C15H15BrN4O2S2/c1-9(14(21)19(2)8-10-5-6-12(16)22-10)20-13(17-18-15(20)23)11-4-3-7-24-11/h3-7,9H,8H2,1-2H3,(H,18,23). The van der Waals surface area contributed by atoms with E-state index >= 15 is 0 Å². The lowest BCUT2D eigenvalue weighted by Crippen LogP contribution is -2.33. The third-order valence-electron chi connectivity index (χ3n) is 3.59. The zero-order valence-electron chi connectivity index (χ0n) is 13.0. The largest absolute Gasteiger partial charge is 0.452 e. The minimum Gasteiger partial charge on any atom is -0.452 e. The maximum Gasteiger partial charge on any atom is 0.245 e. The van der Waals surface area contributed by atoms with Crippen LogP contribution in [-0.4, -0.2) is 32.6 Å².